The molecule has 0 radical (unpaired) electrons. The molecule has 4 nitrogen and oxygen atoms in total. The van der Waals surface area contributed by atoms with Gasteiger partial charge in [0.05, 0.1) is 19.1 Å². The van der Waals surface area contributed by atoms with Gasteiger partial charge in [0.15, 0.2) is 0 Å². The summed E-state index contributed by atoms with van der Waals surface area (Å²) in [5.41, 5.74) is 1.35. The number of ether oxygens (including phenoxy) is 1. The molecule has 0 aromatic carbocycles. The van der Waals surface area contributed by atoms with Crippen molar-refractivity contribution in [3.05, 3.63) is 23.3 Å². The minimum Gasteiger partial charge on any atom is -0.460 e. The molecule has 1 atom stereocenters. The number of aliphatic hydroxyl groups is 2. The van der Waals surface area contributed by atoms with Crippen molar-refractivity contribution in [2.45, 2.75) is 65.6 Å². The second-order valence-electron chi connectivity index (χ2n) is 6.03. The standard InChI is InChI=1S/C16H28O4/c1-12(9-10-17)7-6-8-13(2)14(18)11-15(19)20-16(3,4)5/h8-9,14,17-18H,6-7,10-11H2,1-5H3/b12-9-,13-8+. The third-order valence-electron chi connectivity index (χ3n) is 2.75. The SMILES string of the molecule is C/C(=C/CO)CC/C=C(\C)C(O)CC(=O)OC(C)(C)C. The Morgan fingerprint density at radius 2 is 1.85 bits per heavy atom. The van der Waals surface area contributed by atoms with Crippen molar-refractivity contribution in [3.63, 3.8) is 0 Å². The van der Waals surface area contributed by atoms with Gasteiger partial charge in [-0.05, 0) is 53.0 Å². The fourth-order valence-corrected chi connectivity index (χ4v) is 1.62. The molecule has 0 spiro atoms. The summed E-state index contributed by atoms with van der Waals surface area (Å²) >= 11 is 0. The van der Waals surface area contributed by atoms with Crippen LogP contribution in [0.4, 0.5) is 0 Å². The summed E-state index contributed by atoms with van der Waals surface area (Å²) in [6, 6.07) is 0. The predicted octanol–water partition coefficient (Wildman–Crippen LogP) is 2.74. The lowest BCUT2D eigenvalue weighted by Crippen LogP contribution is -2.26. The zero-order valence-corrected chi connectivity index (χ0v) is 13.3. The average Bonchev–Trinajstić information content (AvgIpc) is 2.26. The van der Waals surface area contributed by atoms with Crippen LogP contribution in [-0.2, 0) is 9.53 Å². The smallest absolute Gasteiger partial charge is 0.309 e. The third kappa shape index (κ3) is 9.75. The molecule has 1 unspecified atom stereocenters. The maximum absolute atomic E-state index is 11.6. The van der Waals surface area contributed by atoms with Crippen molar-refractivity contribution in [2.75, 3.05) is 6.61 Å². The second kappa shape index (κ2) is 8.93. The molecule has 2 N–H and O–H groups in total. The summed E-state index contributed by atoms with van der Waals surface area (Å²) in [6.07, 6.45) is 4.47. The molecule has 0 saturated heterocycles. The van der Waals surface area contributed by atoms with Gasteiger partial charge in [-0.1, -0.05) is 17.7 Å². The van der Waals surface area contributed by atoms with Gasteiger partial charge in [0.2, 0.25) is 0 Å². The molecular weight excluding hydrogens is 256 g/mol. The van der Waals surface area contributed by atoms with Crippen molar-refractivity contribution < 1.29 is 19.7 Å². The highest BCUT2D eigenvalue weighted by molar-refractivity contribution is 5.71. The van der Waals surface area contributed by atoms with Gasteiger partial charge in [-0.15, -0.1) is 0 Å². The van der Waals surface area contributed by atoms with Crippen LogP contribution in [0, 0.1) is 0 Å². The molecule has 0 aliphatic rings. The minimum atomic E-state index is -0.799. The topological polar surface area (TPSA) is 66.8 Å². The normalized spacial score (nSPS) is 15.2. The van der Waals surface area contributed by atoms with Crippen molar-refractivity contribution in [1.82, 2.24) is 0 Å². The number of esters is 1. The number of hydrogen-bond acceptors (Lipinski definition) is 4. The van der Waals surface area contributed by atoms with E-state index in [1.165, 1.54) is 0 Å². The Kier molecular flexibility index (Phi) is 8.42. The van der Waals surface area contributed by atoms with E-state index in [1.807, 2.05) is 13.0 Å². The summed E-state index contributed by atoms with van der Waals surface area (Å²) in [5, 5.41) is 18.7. The molecule has 0 aliphatic carbocycles. The second-order valence-corrected chi connectivity index (χ2v) is 6.03. The molecule has 0 fully saturated rings. The Morgan fingerprint density at radius 1 is 1.25 bits per heavy atom. The number of carbonyl (C=O) groups is 1. The fourth-order valence-electron chi connectivity index (χ4n) is 1.62. The first kappa shape index (κ1) is 18.9. The average molecular weight is 284 g/mol. The number of hydrogen-bond donors (Lipinski definition) is 2. The Labute approximate surface area is 122 Å². The maximum atomic E-state index is 11.6. The van der Waals surface area contributed by atoms with Crippen LogP contribution in [-0.4, -0.2) is 34.5 Å². The van der Waals surface area contributed by atoms with Crippen LogP contribution in [0.2, 0.25) is 0 Å². The van der Waals surface area contributed by atoms with Crippen LogP contribution in [0.25, 0.3) is 0 Å². The van der Waals surface area contributed by atoms with Gasteiger partial charge in [0.1, 0.15) is 5.60 Å². The van der Waals surface area contributed by atoms with E-state index in [0.29, 0.717) is 0 Å². The first-order valence-electron chi connectivity index (χ1n) is 6.98. The molecule has 4 heteroatoms. The maximum Gasteiger partial charge on any atom is 0.309 e. The summed E-state index contributed by atoms with van der Waals surface area (Å²) in [6.45, 7) is 9.22. The van der Waals surface area contributed by atoms with Crippen LogP contribution in [0.1, 0.15) is 53.9 Å². The van der Waals surface area contributed by atoms with Gasteiger partial charge in [0, 0.05) is 0 Å². The molecular formula is C16H28O4. The van der Waals surface area contributed by atoms with E-state index in [4.69, 9.17) is 9.84 Å². The van der Waals surface area contributed by atoms with Gasteiger partial charge in [-0.25, -0.2) is 0 Å². The van der Waals surface area contributed by atoms with E-state index in [0.717, 1.165) is 24.0 Å². The summed E-state index contributed by atoms with van der Waals surface area (Å²) < 4.78 is 5.17. The molecule has 0 aromatic heterocycles. The lowest BCUT2D eigenvalue weighted by atomic mass is 10.0. The highest BCUT2D eigenvalue weighted by atomic mass is 16.6. The molecule has 0 rings (SSSR count). The molecule has 0 amide bonds. The first-order chi connectivity index (χ1) is 9.15. The number of allylic oxidation sites excluding steroid dienone is 2. The zero-order valence-electron chi connectivity index (χ0n) is 13.3. The van der Waals surface area contributed by atoms with Crippen LogP contribution in [0.5, 0.6) is 0 Å². The quantitative estimate of drug-likeness (QED) is 0.557. The minimum absolute atomic E-state index is 0.0228. The van der Waals surface area contributed by atoms with E-state index >= 15 is 0 Å². The van der Waals surface area contributed by atoms with Crippen molar-refractivity contribution in [1.29, 1.82) is 0 Å². The van der Waals surface area contributed by atoms with Crippen LogP contribution < -0.4 is 0 Å². The van der Waals surface area contributed by atoms with E-state index in [9.17, 15) is 9.90 Å². The third-order valence-corrected chi connectivity index (χ3v) is 2.75. The molecule has 0 heterocycles. The fraction of sp³-hybridized carbons (Fsp3) is 0.688. The van der Waals surface area contributed by atoms with Gasteiger partial charge in [-0.3, -0.25) is 4.79 Å². The van der Waals surface area contributed by atoms with Gasteiger partial charge in [0.25, 0.3) is 0 Å². The Hall–Kier alpha value is -1.13. The first-order valence-corrected chi connectivity index (χ1v) is 6.98. The summed E-state index contributed by atoms with van der Waals surface area (Å²) in [7, 11) is 0. The van der Waals surface area contributed by atoms with Crippen LogP contribution >= 0.6 is 0 Å². The van der Waals surface area contributed by atoms with E-state index in [-0.39, 0.29) is 13.0 Å². The molecule has 0 aromatic rings. The highest BCUT2D eigenvalue weighted by Gasteiger charge is 2.19. The van der Waals surface area contributed by atoms with Gasteiger partial charge < -0.3 is 14.9 Å². The molecule has 0 aliphatic heterocycles. The highest BCUT2D eigenvalue weighted by Crippen LogP contribution is 2.14. The van der Waals surface area contributed by atoms with Gasteiger partial charge >= 0.3 is 5.97 Å². The summed E-state index contributed by atoms with van der Waals surface area (Å²) in [5.74, 6) is -0.394. The predicted molar refractivity (Wildman–Crippen MR) is 80.3 cm³/mol. The van der Waals surface area contributed by atoms with E-state index in [2.05, 4.69) is 0 Å². The van der Waals surface area contributed by atoms with Crippen molar-refractivity contribution in [2.24, 2.45) is 0 Å². The summed E-state index contributed by atoms with van der Waals surface area (Å²) in [4.78, 5) is 11.6. The number of rotatable bonds is 7. The number of carbonyl (C=O) groups excluding carboxylic acids is 1. The van der Waals surface area contributed by atoms with E-state index in [1.54, 1.807) is 33.8 Å². The van der Waals surface area contributed by atoms with Gasteiger partial charge in [-0.2, -0.15) is 0 Å². The largest absolute Gasteiger partial charge is 0.460 e. The van der Waals surface area contributed by atoms with E-state index < -0.39 is 17.7 Å². The lowest BCUT2D eigenvalue weighted by Gasteiger charge is -2.20. The zero-order chi connectivity index (χ0) is 15.8. The molecule has 0 bridgehead atoms. The Balaban J connectivity index is 4.23. The van der Waals surface area contributed by atoms with Crippen molar-refractivity contribution >= 4 is 5.97 Å². The van der Waals surface area contributed by atoms with Crippen LogP contribution in [0.15, 0.2) is 23.3 Å². The van der Waals surface area contributed by atoms with Crippen LogP contribution in [0.3, 0.4) is 0 Å². The molecule has 20 heavy (non-hydrogen) atoms. The lowest BCUT2D eigenvalue weighted by molar-refractivity contribution is -0.156. The molecule has 0 saturated carbocycles. The monoisotopic (exact) mass is 284 g/mol. The Morgan fingerprint density at radius 3 is 2.35 bits per heavy atom. The number of aliphatic hydroxyl groups excluding tert-OH is 2. The Bertz CT molecular complexity index is 361. The molecule has 116 valence electrons. The van der Waals surface area contributed by atoms with Crippen molar-refractivity contribution in [3.8, 4) is 0 Å².